The summed E-state index contributed by atoms with van der Waals surface area (Å²) in [7, 11) is 0. The van der Waals surface area contributed by atoms with Gasteiger partial charge in [0.2, 0.25) is 0 Å². The summed E-state index contributed by atoms with van der Waals surface area (Å²) in [4.78, 5) is 35.3. The molecule has 6 heteroatoms. The van der Waals surface area contributed by atoms with E-state index in [9.17, 15) is 14.4 Å². The lowest BCUT2D eigenvalue weighted by Crippen LogP contribution is -2.46. The van der Waals surface area contributed by atoms with Gasteiger partial charge in [0.1, 0.15) is 13.2 Å². The van der Waals surface area contributed by atoms with Crippen molar-refractivity contribution in [2.75, 3.05) is 18.1 Å². The maximum absolute atomic E-state index is 11.7. The molecule has 0 aliphatic carbocycles. The van der Waals surface area contributed by atoms with Gasteiger partial charge in [0, 0.05) is 0 Å². The molecule has 2 rings (SSSR count). The summed E-state index contributed by atoms with van der Waals surface area (Å²) in [5.41, 5.74) is 0.751. The number of anilines is 1. The molecule has 0 atom stereocenters. The number of carbonyl (C=O) groups excluding carboxylic acids is 2. The molecule has 0 aromatic heterocycles. The van der Waals surface area contributed by atoms with Crippen LogP contribution in [-0.2, 0) is 14.3 Å². The molecular formula is C12H11NO5. The first-order chi connectivity index (χ1) is 8.52. The summed E-state index contributed by atoms with van der Waals surface area (Å²) in [6, 6.07) is 4.47. The first-order valence-electron chi connectivity index (χ1n) is 5.29. The van der Waals surface area contributed by atoms with Gasteiger partial charge in [0.15, 0.2) is 0 Å². The number of hydrogen-bond donors (Lipinski definition) is 1. The van der Waals surface area contributed by atoms with Gasteiger partial charge < -0.3 is 9.84 Å². The summed E-state index contributed by atoms with van der Waals surface area (Å²) < 4.78 is 4.81. The zero-order valence-corrected chi connectivity index (χ0v) is 9.67. The third kappa shape index (κ3) is 1.98. The molecule has 1 aliphatic rings. The van der Waals surface area contributed by atoms with E-state index in [1.807, 2.05) is 0 Å². The van der Waals surface area contributed by atoms with Crippen LogP contribution in [-0.4, -0.2) is 36.1 Å². The quantitative estimate of drug-likeness (QED) is 0.775. The SMILES string of the molecule is Cc1c(C(=O)O)cccc1N1C(=O)COCC1=O. The van der Waals surface area contributed by atoms with Gasteiger partial charge in [-0.2, -0.15) is 0 Å². The van der Waals surface area contributed by atoms with Crippen molar-refractivity contribution in [3.05, 3.63) is 29.3 Å². The smallest absolute Gasteiger partial charge is 0.336 e. The van der Waals surface area contributed by atoms with Crippen molar-refractivity contribution in [3.63, 3.8) is 0 Å². The van der Waals surface area contributed by atoms with Crippen molar-refractivity contribution in [2.45, 2.75) is 6.92 Å². The van der Waals surface area contributed by atoms with Gasteiger partial charge in [0.05, 0.1) is 11.3 Å². The zero-order chi connectivity index (χ0) is 13.3. The molecule has 2 amide bonds. The Kier molecular flexibility index (Phi) is 3.12. The fourth-order valence-corrected chi connectivity index (χ4v) is 1.86. The lowest BCUT2D eigenvalue weighted by atomic mass is 10.1. The minimum atomic E-state index is -1.09. The highest BCUT2D eigenvalue weighted by Crippen LogP contribution is 2.25. The van der Waals surface area contributed by atoms with Gasteiger partial charge in [0.25, 0.3) is 11.8 Å². The summed E-state index contributed by atoms with van der Waals surface area (Å²) in [5.74, 6) is -2.07. The van der Waals surface area contributed by atoms with Crippen LogP contribution in [0.15, 0.2) is 18.2 Å². The van der Waals surface area contributed by atoms with Crippen molar-refractivity contribution in [1.29, 1.82) is 0 Å². The van der Waals surface area contributed by atoms with Crippen molar-refractivity contribution in [2.24, 2.45) is 0 Å². The molecule has 1 heterocycles. The van der Waals surface area contributed by atoms with Crippen molar-refractivity contribution in [3.8, 4) is 0 Å². The number of carboxylic acid groups (broad SMARTS) is 1. The summed E-state index contributed by atoms with van der Waals surface area (Å²) >= 11 is 0. The molecule has 0 spiro atoms. The number of aromatic carboxylic acids is 1. The first kappa shape index (κ1) is 12.3. The van der Waals surface area contributed by atoms with E-state index in [2.05, 4.69) is 0 Å². The lowest BCUT2D eigenvalue weighted by Gasteiger charge is -2.26. The van der Waals surface area contributed by atoms with Gasteiger partial charge in [-0.1, -0.05) is 6.07 Å². The monoisotopic (exact) mass is 249 g/mol. The first-order valence-corrected chi connectivity index (χ1v) is 5.29. The van der Waals surface area contributed by atoms with Crippen LogP contribution in [0.5, 0.6) is 0 Å². The number of morpholine rings is 1. The fraction of sp³-hybridized carbons (Fsp3) is 0.250. The number of hydrogen-bond acceptors (Lipinski definition) is 4. The highest BCUT2D eigenvalue weighted by molar-refractivity contribution is 6.17. The normalized spacial score (nSPS) is 15.9. The number of benzene rings is 1. The molecule has 1 aromatic rings. The van der Waals surface area contributed by atoms with Gasteiger partial charge in [-0.3, -0.25) is 9.59 Å². The topological polar surface area (TPSA) is 83.9 Å². The van der Waals surface area contributed by atoms with E-state index in [0.29, 0.717) is 11.3 Å². The Morgan fingerprint density at radius 2 is 1.89 bits per heavy atom. The number of imide groups is 1. The second-order valence-corrected chi connectivity index (χ2v) is 3.87. The van der Waals surface area contributed by atoms with Crippen LogP contribution in [0.4, 0.5) is 5.69 Å². The molecule has 1 N–H and O–H groups in total. The largest absolute Gasteiger partial charge is 0.478 e. The molecule has 94 valence electrons. The predicted molar refractivity (Wildman–Crippen MR) is 61.5 cm³/mol. The van der Waals surface area contributed by atoms with Gasteiger partial charge >= 0.3 is 5.97 Å². The molecule has 1 saturated heterocycles. The number of amides is 2. The Balaban J connectivity index is 2.50. The highest BCUT2D eigenvalue weighted by Gasteiger charge is 2.30. The van der Waals surface area contributed by atoms with Gasteiger partial charge in [-0.15, -0.1) is 0 Å². The summed E-state index contributed by atoms with van der Waals surface area (Å²) in [6.45, 7) is 1.21. The van der Waals surface area contributed by atoms with E-state index < -0.39 is 17.8 Å². The average Bonchev–Trinajstić information content (AvgIpc) is 2.30. The van der Waals surface area contributed by atoms with Gasteiger partial charge in [-0.25, -0.2) is 9.69 Å². The molecule has 1 aliphatic heterocycles. The Labute approximate surface area is 103 Å². The number of rotatable bonds is 2. The van der Waals surface area contributed by atoms with E-state index in [0.717, 1.165) is 4.90 Å². The average molecular weight is 249 g/mol. The molecule has 1 aromatic carbocycles. The zero-order valence-electron chi connectivity index (χ0n) is 9.67. The van der Waals surface area contributed by atoms with Crippen LogP contribution in [0.1, 0.15) is 15.9 Å². The minimum Gasteiger partial charge on any atom is -0.478 e. The van der Waals surface area contributed by atoms with E-state index in [1.54, 1.807) is 13.0 Å². The Hall–Kier alpha value is -2.21. The summed E-state index contributed by atoms with van der Waals surface area (Å²) in [6.07, 6.45) is 0. The van der Waals surface area contributed by atoms with Gasteiger partial charge in [-0.05, 0) is 24.6 Å². The van der Waals surface area contributed by atoms with E-state index >= 15 is 0 Å². The third-order valence-corrected chi connectivity index (χ3v) is 2.73. The van der Waals surface area contributed by atoms with E-state index in [4.69, 9.17) is 9.84 Å². The van der Waals surface area contributed by atoms with Crippen molar-refractivity contribution < 1.29 is 24.2 Å². The Bertz CT molecular complexity index is 521. The molecule has 0 saturated carbocycles. The van der Waals surface area contributed by atoms with Crippen LogP contribution in [0.25, 0.3) is 0 Å². The van der Waals surface area contributed by atoms with Crippen LogP contribution in [0.2, 0.25) is 0 Å². The number of carboxylic acids is 1. The highest BCUT2D eigenvalue weighted by atomic mass is 16.5. The lowest BCUT2D eigenvalue weighted by molar-refractivity contribution is -0.138. The molecule has 0 bridgehead atoms. The maximum atomic E-state index is 11.7. The second-order valence-electron chi connectivity index (χ2n) is 3.87. The van der Waals surface area contributed by atoms with E-state index in [-0.39, 0.29) is 18.8 Å². The third-order valence-electron chi connectivity index (χ3n) is 2.73. The maximum Gasteiger partial charge on any atom is 0.336 e. The Morgan fingerprint density at radius 3 is 2.44 bits per heavy atom. The Morgan fingerprint density at radius 1 is 1.28 bits per heavy atom. The van der Waals surface area contributed by atoms with Crippen molar-refractivity contribution in [1.82, 2.24) is 0 Å². The van der Waals surface area contributed by atoms with Crippen LogP contribution >= 0.6 is 0 Å². The molecule has 0 unspecified atom stereocenters. The fourth-order valence-electron chi connectivity index (χ4n) is 1.86. The van der Waals surface area contributed by atoms with Crippen LogP contribution < -0.4 is 4.90 Å². The number of carbonyl (C=O) groups is 3. The number of nitrogens with zero attached hydrogens (tertiary/aromatic N) is 1. The summed E-state index contributed by atoms with van der Waals surface area (Å²) in [5, 5.41) is 9.01. The van der Waals surface area contributed by atoms with Crippen molar-refractivity contribution >= 4 is 23.5 Å². The molecule has 0 radical (unpaired) electrons. The second kappa shape index (κ2) is 4.58. The minimum absolute atomic E-state index is 0.0691. The van der Waals surface area contributed by atoms with Crippen LogP contribution in [0, 0.1) is 6.92 Å². The number of ether oxygens (including phenoxy) is 1. The molecule has 6 nitrogen and oxygen atoms in total. The standard InChI is InChI=1S/C12H11NO5/c1-7-8(12(16)17)3-2-4-9(7)13-10(14)5-18-6-11(13)15/h2-4H,5-6H2,1H3,(H,16,17). The molecule has 18 heavy (non-hydrogen) atoms. The van der Waals surface area contributed by atoms with Crippen LogP contribution in [0.3, 0.4) is 0 Å². The molecule has 1 fully saturated rings. The molecular weight excluding hydrogens is 238 g/mol. The van der Waals surface area contributed by atoms with E-state index in [1.165, 1.54) is 12.1 Å². The predicted octanol–water partition coefficient (Wildman–Crippen LogP) is 0.583.